The molecule has 28 heavy (non-hydrogen) atoms. The van der Waals surface area contributed by atoms with Crippen molar-refractivity contribution in [1.82, 2.24) is 19.7 Å². The molecule has 1 amide bonds. The lowest BCUT2D eigenvalue weighted by atomic mass is 9.90. The van der Waals surface area contributed by atoms with E-state index in [-0.39, 0.29) is 27.2 Å². The Bertz CT molecular complexity index is 1030. The molecule has 1 aliphatic heterocycles. The van der Waals surface area contributed by atoms with Gasteiger partial charge in [-0.05, 0) is 49.9 Å². The lowest BCUT2D eigenvalue weighted by Crippen LogP contribution is -2.43. The van der Waals surface area contributed by atoms with Gasteiger partial charge in [0.05, 0.1) is 0 Å². The molecule has 0 bridgehead atoms. The Morgan fingerprint density at radius 3 is 2.68 bits per heavy atom. The summed E-state index contributed by atoms with van der Waals surface area (Å²) in [6, 6.07) is 4.13. The van der Waals surface area contributed by atoms with Gasteiger partial charge < -0.3 is 10.6 Å². The molecule has 1 saturated heterocycles. The number of nitrogens with zero attached hydrogens (tertiary/aromatic N) is 4. The molecule has 0 radical (unpaired) electrons. The minimum absolute atomic E-state index is 0.0130. The van der Waals surface area contributed by atoms with E-state index in [1.54, 1.807) is 0 Å². The Hall–Kier alpha value is -2.46. The molecule has 2 aromatic rings. The topological polar surface area (TPSA) is 131 Å². The van der Waals surface area contributed by atoms with E-state index in [4.69, 9.17) is 17.3 Å². The van der Waals surface area contributed by atoms with Gasteiger partial charge in [0.2, 0.25) is 5.28 Å². The van der Waals surface area contributed by atoms with Crippen molar-refractivity contribution >= 4 is 39.2 Å². The Labute approximate surface area is 168 Å². The summed E-state index contributed by atoms with van der Waals surface area (Å²) in [4.78, 5) is 26.6. The summed E-state index contributed by atoms with van der Waals surface area (Å²) < 4.78 is 27.0. The second-order valence-electron chi connectivity index (χ2n) is 7.21. The van der Waals surface area contributed by atoms with Crippen molar-refractivity contribution in [2.75, 3.05) is 17.2 Å². The van der Waals surface area contributed by atoms with E-state index in [0.717, 1.165) is 6.42 Å². The molecule has 1 atom stereocenters. The van der Waals surface area contributed by atoms with Gasteiger partial charge in [-0.2, -0.15) is 13.4 Å². The number of carbonyl (C=O) groups excluding carboxylic acids is 1. The van der Waals surface area contributed by atoms with Crippen LogP contribution in [0, 0.1) is 5.92 Å². The Balaban J connectivity index is 1.97. The first kappa shape index (κ1) is 20.3. The lowest BCUT2D eigenvalue weighted by Gasteiger charge is -2.36. The number of aromatic nitrogens is 3. The maximum atomic E-state index is 12.8. The molecule has 9 nitrogen and oxygen atoms in total. The van der Waals surface area contributed by atoms with Crippen molar-refractivity contribution in [2.45, 2.75) is 37.8 Å². The molecule has 1 fully saturated rings. The molecule has 3 N–H and O–H groups in total. The number of sulfonamides is 1. The second-order valence-corrected chi connectivity index (χ2v) is 9.17. The monoisotopic (exact) mass is 424 g/mol. The van der Waals surface area contributed by atoms with Crippen LogP contribution in [0.25, 0.3) is 0 Å². The van der Waals surface area contributed by atoms with E-state index in [0.29, 0.717) is 18.3 Å². The molecule has 3 heterocycles. The van der Waals surface area contributed by atoms with Crippen molar-refractivity contribution < 1.29 is 13.2 Å². The van der Waals surface area contributed by atoms with Gasteiger partial charge in [0.15, 0.2) is 5.03 Å². The van der Waals surface area contributed by atoms with Gasteiger partial charge in [0.25, 0.3) is 15.9 Å². The number of nitrogen functional groups attached to an aromatic ring is 1. The van der Waals surface area contributed by atoms with E-state index in [2.05, 4.69) is 21.9 Å². The quantitative estimate of drug-likeness (QED) is 0.711. The number of rotatable bonds is 4. The first-order valence-corrected chi connectivity index (χ1v) is 10.5. The fraction of sp³-hybridized carbons (Fsp3) is 0.412. The molecule has 2 aromatic heterocycles. The van der Waals surface area contributed by atoms with Gasteiger partial charge >= 0.3 is 0 Å². The van der Waals surface area contributed by atoms with E-state index in [1.807, 2.05) is 23.5 Å². The number of nitrogens with one attached hydrogen (secondary N) is 1. The van der Waals surface area contributed by atoms with E-state index >= 15 is 0 Å². The Morgan fingerprint density at radius 2 is 2.07 bits per heavy atom. The first-order chi connectivity index (χ1) is 13.0. The maximum Gasteiger partial charge on any atom is 0.281 e. The van der Waals surface area contributed by atoms with Crippen LogP contribution in [0.4, 0.5) is 11.6 Å². The van der Waals surface area contributed by atoms with E-state index in [9.17, 15) is 13.2 Å². The van der Waals surface area contributed by atoms with Crippen molar-refractivity contribution in [2.24, 2.45) is 5.92 Å². The van der Waals surface area contributed by atoms with Crippen molar-refractivity contribution in [1.29, 1.82) is 0 Å². The molecule has 0 aliphatic carbocycles. The maximum absolute atomic E-state index is 12.8. The lowest BCUT2D eigenvalue weighted by molar-refractivity contribution is 0.0981. The van der Waals surface area contributed by atoms with Gasteiger partial charge in [-0.3, -0.25) is 4.79 Å². The van der Waals surface area contributed by atoms with Gasteiger partial charge in [-0.25, -0.2) is 14.7 Å². The Morgan fingerprint density at radius 1 is 1.36 bits per heavy atom. The minimum atomic E-state index is -4.22. The summed E-state index contributed by atoms with van der Waals surface area (Å²) in [7, 11) is -4.22. The number of pyridine rings is 1. The van der Waals surface area contributed by atoms with Crippen molar-refractivity contribution in [3.63, 3.8) is 0 Å². The zero-order valence-electron chi connectivity index (χ0n) is 15.7. The zero-order chi connectivity index (χ0) is 20.7. The van der Waals surface area contributed by atoms with Crippen LogP contribution in [0.15, 0.2) is 29.4 Å². The largest absolute Gasteiger partial charge is 0.384 e. The molecular weight excluding hydrogens is 404 g/mol. The Kier molecular flexibility index (Phi) is 5.20. The molecule has 0 spiro atoms. The average molecular weight is 425 g/mol. The molecule has 11 heteroatoms. The van der Waals surface area contributed by atoms with Crippen molar-refractivity contribution in [3.8, 4) is 0 Å². The van der Waals surface area contributed by atoms with E-state index < -0.39 is 15.9 Å². The fourth-order valence-electron chi connectivity index (χ4n) is 3.14. The third-order valence-corrected chi connectivity index (χ3v) is 6.59. The highest BCUT2D eigenvalue weighted by molar-refractivity contribution is 7.90. The summed E-state index contributed by atoms with van der Waals surface area (Å²) in [5, 5.41) is -0.380. The van der Waals surface area contributed by atoms with Gasteiger partial charge in [-0.1, -0.05) is 13.0 Å². The van der Waals surface area contributed by atoms with Crippen molar-refractivity contribution in [3.05, 3.63) is 35.2 Å². The summed E-state index contributed by atoms with van der Waals surface area (Å²) in [5.74, 6) is -0.204. The van der Waals surface area contributed by atoms with Crippen LogP contribution in [-0.4, -0.2) is 41.4 Å². The molecule has 0 saturated carbocycles. The van der Waals surface area contributed by atoms with Crippen LogP contribution in [0.2, 0.25) is 5.28 Å². The first-order valence-electron chi connectivity index (χ1n) is 8.62. The molecule has 1 aliphatic rings. The predicted molar refractivity (Wildman–Crippen MR) is 106 cm³/mol. The molecule has 0 aromatic carbocycles. The molecule has 150 valence electrons. The average Bonchev–Trinajstić information content (AvgIpc) is 2.87. The number of nitrogens with two attached hydrogens (primary N) is 1. The number of halogens is 1. The standard InChI is InChI=1S/C17H21ClN6O3S/c1-10-7-8-24(17(10,2)3)14-11(9-20-16(18)22-14)15(25)23-28(26,27)13-6-4-5-12(19)21-13/h4-6,9-10H,7-8H2,1-3H3,(H2,19,21)(H,23,25). The summed E-state index contributed by atoms with van der Waals surface area (Å²) in [6.45, 7) is 6.84. The molecule has 1 unspecified atom stereocenters. The highest BCUT2D eigenvalue weighted by Crippen LogP contribution is 2.38. The van der Waals surface area contributed by atoms with Crippen LogP contribution in [0.5, 0.6) is 0 Å². The summed E-state index contributed by atoms with van der Waals surface area (Å²) in [5.41, 5.74) is 5.26. The smallest absolute Gasteiger partial charge is 0.281 e. The predicted octanol–water partition coefficient (Wildman–Crippen LogP) is 1.85. The van der Waals surface area contributed by atoms with Crippen LogP contribution in [-0.2, 0) is 10.0 Å². The number of carbonyl (C=O) groups is 1. The SMILES string of the molecule is CC1CCN(c2nc(Cl)ncc2C(=O)NS(=O)(=O)c2cccc(N)n2)C1(C)C. The number of amides is 1. The van der Waals surface area contributed by atoms with Crippen LogP contribution in [0.3, 0.4) is 0 Å². The van der Waals surface area contributed by atoms with E-state index in [1.165, 1.54) is 24.4 Å². The number of hydrogen-bond donors (Lipinski definition) is 2. The highest BCUT2D eigenvalue weighted by Gasteiger charge is 2.41. The van der Waals surface area contributed by atoms with Crippen LogP contribution >= 0.6 is 11.6 Å². The number of anilines is 2. The molecule has 3 rings (SSSR count). The van der Waals surface area contributed by atoms with Gasteiger partial charge in [-0.15, -0.1) is 0 Å². The summed E-state index contributed by atoms with van der Waals surface area (Å²) in [6.07, 6.45) is 2.13. The summed E-state index contributed by atoms with van der Waals surface area (Å²) >= 11 is 5.95. The normalized spacial score (nSPS) is 18.9. The molecular formula is C17H21ClN6O3S. The second kappa shape index (κ2) is 7.17. The van der Waals surface area contributed by atoms with Gasteiger partial charge in [0, 0.05) is 18.3 Å². The zero-order valence-corrected chi connectivity index (χ0v) is 17.3. The minimum Gasteiger partial charge on any atom is -0.384 e. The van der Waals surface area contributed by atoms with Crippen LogP contribution in [0.1, 0.15) is 37.6 Å². The van der Waals surface area contributed by atoms with Gasteiger partial charge in [0.1, 0.15) is 17.2 Å². The number of hydrogen-bond acceptors (Lipinski definition) is 8. The fourth-order valence-corrected chi connectivity index (χ4v) is 4.21. The van der Waals surface area contributed by atoms with Crippen LogP contribution < -0.4 is 15.4 Å². The third-order valence-electron chi connectivity index (χ3n) is 5.17. The highest BCUT2D eigenvalue weighted by atomic mass is 35.5. The third kappa shape index (κ3) is 3.74.